The van der Waals surface area contributed by atoms with Crippen LogP contribution in [0.5, 0.6) is 0 Å². The van der Waals surface area contributed by atoms with Gasteiger partial charge in [-0.15, -0.1) is 0 Å². The topological polar surface area (TPSA) is 61.5 Å². The second-order valence-corrected chi connectivity index (χ2v) is 3.94. The highest BCUT2D eigenvalue weighted by molar-refractivity contribution is 5.75. The van der Waals surface area contributed by atoms with E-state index in [9.17, 15) is 4.79 Å². The molecule has 0 aromatic heterocycles. The zero-order valence-corrected chi connectivity index (χ0v) is 9.45. The van der Waals surface area contributed by atoms with Gasteiger partial charge in [0.1, 0.15) is 12.1 Å². The average molecular weight is 203 g/mol. The van der Waals surface area contributed by atoms with E-state index in [0.29, 0.717) is 18.9 Å². The lowest BCUT2D eigenvalue weighted by Crippen LogP contribution is -2.36. The molecule has 2 N–H and O–H groups in total. The summed E-state index contributed by atoms with van der Waals surface area (Å²) in [5, 5.41) is 0. The van der Waals surface area contributed by atoms with Gasteiger partial charge in [-0.05, 0) is 19.3 Å². The third-order valence-electron chi connectivity index (χ3n) is 1.75. The molecule has 0 bridgehead atoms. The van der Waals surface area contributed by atoms with Gasteiger partial charge in [-0.2, -0.15) is 0 Å². The highest BCUT2D eigenvalue weighted by atomic mass is 16.6. The first kappa shape index (κ1) is 13.4. The molecule has 0 spiro atoms. The third kappa shape index (κ3) is 5.94. The highest BCUT2D eigenvalue weighted by Gasteiger charge is 2.18. The molecular formula is C10H21NO3. The van der Waals surface area contributed by atoms with Gasteiger partial charge in [-0.3, -0.25) is 4.79 Å². The SMILES string of the molecule is COC[C@H](C)OC(=O)C(N)CC(C)C. The molecule has 0 aliphatic carbocycles. The summed E-state index contributed by atoms with van der Waals surface area (Å²) in [7, 11) is 1.57. The monoisotopic (exact) mass is 203 g/mol. The van der Waals surface area contributed by atoms with Gasteiger partial charge < -0.3 is 15.2 Å². The molecule has 0 saturated carbocycles. The van der Waals surface area contributed by atoms with Crippen molar-refractivity contribution in [2.24, 2.45) is 11.7 Å². The van der Waals surface area contributed by atoms with Crippen molar-refractivity contribution >= 4 is 5.97 Å². The van der Waals surface area contributed by atoms with Crippen LogP contribution in [0.4, 0.5) is 0 Å². The second kappa shape index (κ2) is 6.79. The Morgan fingerprint density at radius 3 is 2.36 bits per heavy atom. The lowest BCUT2D eigenvalue weighted by atomic mass is 10.1. The summed E-state index contributed by atoms with van der Waals surface area (Å²) in [4.78, 5) is 11.4. The molecule has 2 atom stereocenters. The second-order valence-electron chi connectivity index (χ2n) is 3.94. The van der Waals surface area contributed by atoms with Crippen molar-refractivity contribution < 1.29 is 14.3 Å². The maximum Gasteiger partial charge on any atom is 0.323 e. The summed E-state index contributed by atoms with van der Waals surface area (Å²) in [6, 6.07) is -0.519. The largest absolute Gasteiger partial charge is 0.459 e. The highest BCUT2D eigenvalue weighted by Crippen LogP contribution is 2.05. The normalized spacial score (nSPS) is 15.3. The number of ether oxygens (including phenoxy) is 2. The molecule has 0 aromatic rings. The average Bonchev–Trinajstić information content (AvgIpc) is 2.02. The van der Waals surface area contributed by atoms with E-state index in [1.54, 1.807) is 14.0 Å². The fraction of sp³-hybridized carbons (Fsp3) is 0.900. The number of nitrogens with two attached hydrogens (primary N) is 1. The summed E-state index contributed by atoms with van der Waals surface area (Å²) in [6.45, 7) is 6.22. The van der Waals surface area contributed by atoms with Crippen LogP contribution in [-0.4, -0.2) is 31.8 Å². The van der Waals surface area contributed by atoms with E-state index in [1.807, 2.05) is 13.8 Å². The summed E-state index contributed by atoms with van der Waals surface area (Å²) in [5.41, 5.74) is 5.65. The van der Waals surface area contributed by atoms with Gasteiger partial charge in [0, 0.05) is 7.11 Å². The van der Waals surface area contributed by atoms with Gasteiger partial charge in [0.2, 0.25) is 0 Å². The minimum atomic E-state index is -0.519. The maximum atomic E-state index is 11.4. The van der Waals surface area contributed by atoms with Gasteiger partial charge in [0.25, 0.3) is 0 Å². The van der Waals surface area contributed by atoms with Crippen LogP contribution in [0.25, 0.3) is 0 Å². The molecule has 0 radical (unpaired) electrons. The number of rotatable bonds is 6. The van der Waals surface area contributed by atoms with Gasteiger partial charge in [-0.1, -0.05) is 13.8 Å². The maximum absolute atomic E-state index is 11.4. The van der Waals surface area contributed by atoms with E-state index in [2.05, 4.69) is 0 Å². The predicted molar refractivity (Wildman–Crippen MR) is 54.9 cm³/mol. The van der Waals surface area contributed by atoms with Crippen LogP contribution in [-0.2, 0) is 14.3 Å². The molecule has 0 rings (SSSR count). The van der Waals surface area contributed by atoms with Crippen molar-refractivity contribution in [1.29, 1.82) is 0 Å². The molecule has 0 aromatic carbocycles. The first-order valence-corrected chi connectivity index (χ1v) is 4.92. The number of hydrogen-bond donors (Lipinski definition) is 1. The zero-order chi connectivity index (χ0) is 11.1. The zero-order valence-electron chi connectivity index (χ0n) is 9.45. The van der Waals surface area contributed by atoms with Crippen LogP contribution in [0, 0.1) is 5.92 Å². The Kier molecular flexibility index (Phi) is 6.49. The van der Waals surface area contributed by atoms with Crippen molar-refractivity contribution in [2.75, 3.05) is 13.7 Å². The van der Waals surface area contributed by atoms with Crippen LogP contribution in [0.1, 0.15) is 27.2 Å². The van der Waals surface area contributed by atoms with Crippen molar-refractivity contribution in [1.82, 2.24) is 0 Å². The van der Waals surface area contributed by atoms with E-state index < -0.39 is 6.04 Å². The lowest BCUT2D eigenvalue weighted by molar-refractivity contribution is -0.152. The summed E-state index contributed by atoms with van der Waals surface area (Å²) in [5.74, 6) is 0.0542. The third-order valence-corrected chi connectivity index (χ3v) is 1.75. The van der Waals surface area contributed by atoms with E-state index in [-0.39, 0.29) is 12.1 Å². The summed E-state index contributed by atoms with van der Waals surface area (Å²) < 4.78 is 9.91. The van der Waals surface area contributed by atoms with Crippen molar-refractivity contribution in [3.8, 4) is 0 Å². The number of carbonyl (C=O) groups is 1. The molecule has 0 saturated heterocycles. The molecule has 0 fully saturated rings. The molecule has 4 nitrogen and oxygen atoms in total. The Morgan fingerprint density at radius 2 is 1.93 bits per heavy atom. The van der Waals surface area contributed by atoms with Crippen LogP contribution < -0.4 is 5.73 Å². The fourth-order valence-electron chi connectivity index (χ4n) is 1.16. The Hall–Kier alpha value is -0.610. The van der Waals surface area contributed by atoms with E-state index in [0.717, 1.165) is 0 Å². The van der Waals surface area contributed by atoms with Gasteiger partial charge in [0.15, 0.2) is 0 Å². The molecule has 0 aliphatic heterocycles. The molecule has 0 aliphatic rings. The Balaban J connectivity index is 3.82. The van der Waals surface area contributed by atoms with E-state index in [4.69, 9.17) is 15.2 Å². The number of esters is 1. The van der Waals surface area contributed by atoms with Gasteiger partial charge in [-0.25, -0.2) is 0 Å². The molecule has 14 heavy (non-hydrogen) atoms. The number of methoxy groups -OCH3 is 1. The first-order chi connectivity index (χ1) is 6.47. The molecule has 4 heteroatoms. The van der Waals surface area contributed by atoms with Crippen molar-refractivity contribution in [3.05, 3.63) is 0 Å². The van der Waals surface area contributed by atoms with E-state index >= 15 is 0 Å². The van der Waals surface area contributed by atoms with Crippen molar-refractivity contribution in [2.45, 2.75) is 39.3 Å². The van der Waals surface area contributed by atoms with Crippen LogP contribution >= 0.6 is 0 Å². The summed E-state index contributed by atoms with van der Waals surface area (Å²) in [6.07, 6.45) is 0.421. The minimum Gasteiger partial charge on any atom is -0.459 e. The van der Waals surface area contributed by atoms with Gasteiger partial charge >= 0.3 is 5.97 Å². The smallest absolute Gasteiger partial charge is 0.323 e. The van der Waals surface area contributed by atoms with Crippen LogP contribution in [0.3, 0.4) is 0 Å². The van der Waals surface area contributed by atoms with E-state index in [1.165, 1.54) is 0 Å². The standard InChI is InChI=1S/C10H21NO3/c1-7(2)5-9(11)10(12)14-8(3)6-13-4/h7-9H,5-6,11H2,1-4H3/t8-,9?/m0/s1. The quantitative estimate of drug-likeness (QED) is 0.652. The summed E-state index contributed by atoms with van der Waals surface area (Å²) >= 11 is 0. The van der Waals surface area contributed by atoms with Crippen molar-refractivity contribution in [3.63, 3.8) is 0 Å². The molecule has 0 amide bonds. The minimum absolute atomic E-state index is 0.231. The Labute approximate surface area is 85.8 Å². The van der Waals surface area contributed by atoms with Gasteiger partial charge in [0.05, 0.1) is 6.61 Å². The fourth-order valence-corrected chi connectivity index (χ4v) is 1.16. The molecule has 0 heterocycles. The molecule has 1 unspecified atom stereocenters. The lowest BCUT2D eigenvalue weighted by Gasteiger charge is -2.17. The number of hydrogen-bond acceptors (Lipinski definition) is 4. The first-order valence-electron chi connectivity index (χ1n) is 4.92. The number of carbonyl (C=O) groups excluding carboxylic acids is 1. The molecular weight excluding hydrogens is 182 g/mol. The Morgan fingerprint density at radius 1 is 1.36 bits per heavy atom. The van der Waals surface area contributed by atoms with Crippen LogP contribution in [0.2, 0.25) is 0 Å². The predicted octanol–water partition coefficient (Wildman–Crippen LogP) is 0.938. The van der Waals surface area contributed by atoms with Crippen LogP contribution in [0.15, 0.2) is 0 Å². The molecule has 84 valence electrons. The Bertz CT molecular complexity index is 171.